The minimum Gasteiger partial charge on any atom is -0.341 e. The first-order valence-electron chi connectivity index (χ1n) is 8.78. The average molecular weight is 361 g/mol. The molecule has 25 heavy (non-hydrogen) atoms. The van der Waals surface area contributed by atoms with E-state index in [1.165, 1.54) is 31.4 Å². The van der Waals surface area contributed by atoms with Crippen LogP contribution in [0, 0.1) is 23.2 Å². The van der Waals surface area contributed by atoms with Gasteiger partial charge in [0.25, 0.3) is 0 Å². The third kappa shape index (κ3) is 4.02. The van der Waals surface area contributed by atoms with Gasteiger partial charge in [-0.1, -0.05) is 31.4 Å². The summed E-state index contributed by atoms with van der Waals surface area (Å²) in [5.41, 5.74) is 0.0745. The first-order chi connectivity index (χ1) is 12.0. The predicted octanol–water partition coefficient (Wildman–Crippen LogP) is 1.88. The van der Waals surface area contributed by atoms with Crippen LogP contribution in [0.4, 0.5) is 0 Å². The fourth-order valence-electron chi connectivity index (χ4n) is 3.97. The van der Waals surface area contributed by atoms with Gasteiger partial charge in [-0.15, -0.1) is 0 Å². The molecule has 7 heteroatoms. The third-order valence-electron chi connectivity index (χ3n) is 5.35. The Morgan fingerprint density at radius 1 is 1.20 bits per heavy atom. The second-order valence-electron chi connectivity index (χ2n) is 6.87. The molecule has 1 N–H and O–H groups in total. The van der Waals surface area contributed by atoms with Crippen LogP contribution in [0.15, 0.2) is 29.2 Å². The molecule has 1 saturated carbocycles. The molecule has 1 aliphatic carbocycles. The van der Waals surface area contributed by atoms with Gasteiger partial charge in [0.15, 0.2) is 0 Å². The van der Waals surface area contributed by atoms with Crippen molar-refractivity contribution in [1.29, 1.82) is 5.26 Å². The summed E-state index contributed by atoms with van der Waals surface area (Å²) in [4.78, 5) is 14.1. The molecule has 0 spiro atoms. The highest BCUT2D eigenvalue weighted by atomic mass is 32.2. The number of likely N-dealkylation sites (tertiary alicyclic amines) is 1. The largest absolute Gasteiger partial charge is 0.341 e. The molecule has 0 unspecified atom stereocenters. The lowest BCUT2D eigenvalue weighted by atomic mass is 9.75. The van der Waals surface area contributed by atoms with E-state index in [0.29, 0.717) is 12.5 Å². The molecule has 1 aromatic rings. The van der Waals surface area contributed by atoms with Crippen molar-refractivity contribution in [3.05, 3.63) is 29.8 Å². The molecule has 134 valence electrons. The van der Waals surface area contributed by atoms with Gasteiger partial charge in [-0.2, -0.15) is 5.26 Å². The summed E-state index contributed by atoms with van der Waals surface area (Å²) < 4.78 is 27.1. The lowest BCUT2D eigenvalue weighted by Crippen LogP contribution is -2.48. The number of carbonyl (C=O) groups is 1. The number of rotatable bonds is 4. The molecule has 0 aromatic heterocycles. The molecular formula is C18H23N3O3S. The molecule has 3 rings (SSSR count). The number of sulfonamides is 1. The molecule has 1 saturated heterocycles. The van der Waals surface area contributed by atoms with Crippen LogP contribution in [0.2, 0.25) is 0 Å². The Kier molecular flexibility index (Phi) is 5.40. The zero-order valence-corrected chi connectivity index (χ0v) is 15.0. The molecule has 6 nitrogen and oxygen atoms in total. The summed E-state index contributed by atoms with van der Waals surface area (Å²) in [7, 11) is -3.88. The van der Waals surface area contributed by atoms with Gasteiger partial charge in [0, 0.05) is 13.1 Å². The second-order valence-corrected chi connectivity index (χ2v) is 8.60. The van der Waals surface area contributed by atoms with Crippen molar-refractivity contribution in [2.75, 3.05) is 19.6 Å². The van der Waals surface area contributed by atoms with Crippen molar-refractivity contribution >= 4 is 15.9 Å². The molecule has 0 radical (unpaired) electrons. The zero-order chi connectivity index (χ0) is 17.9. The van der Waals surface area contributed by atoms with Gasteiger partial charge < -0.3 is 4.90 Å². The normalized spacial score (nSPS) is 23.6. The van der Waals surface area contributed by atoms with E-state index in [4.69, 9.17) is 5.26 Å². The van der Waals surface area contributed by atoms with E-state index in [1.807, 2.05) is 6.07 Å². The van der Waals surface area contributed by atoms with E-state index >= 15 is 0 Å². The molecule has 1 aromatic carbocycles. The van der Waals surface area contributed by atoms with Gasteiger partial charge in [0.1, 0.15) is 6.07 Å². The van der Waals surface area contributed by atoms with Gasteiger partial charge in [-0.3, -0.25) is 4.79 Å². The van der Waals surface area contributed by atoms with Crippen molar-refractivity contribution in [2.24, 2.45) is 11.8 Å². The summed E-state index contributed by atoms with van der Waals surface area (Å²) >= 11 is 0. The van der Waals surface area contributed by atoms with Crippen LogP contribution in [-0.4, -0.2) is 38.9 Å². The minimum atomic E-state index is -3.88. The lowest BCUT2D eigenvalue weighted by Gasteiger charge is -2.41. The standard InChI is InChI=1S/C18H23N3O3S/c19-11-15-6-3-4-8-17(15)25(23,24)20-12-18(22)21-10-9-14-5-1-2-7-16(14)13-21/h3-4,6,8,14,16,20H,1-2,5,7,9-10,12-13H2/t14-,16-/m0/s1. The first-order valence-corrected chi connectivity index (χ1v) is 10.3. The molecule has 2 aliphatic rings. The van der Waals surface area contributed by atoms with Gasteiger partial charge in [-0.25, -0.2) is 13.1 Å². The van der Waals surface area contributed by atoms with Gasteiger partial charge >= 0.3 is 0 Å². The number of hydrogen-bond donors (Lipinski definition) is 1. The summed E-state index contributed by atoms with van der Waals surface area (Å²) in [5.74, 6) is 1.08. The van der Waals surface area contributed by atoms with Gasteiger partial charge in [0.2, 0.25) is 15.9 Å². The quantitative estimate of drug-likeness (QED) is 0.886. The third-order valence-corrected chi connectivity index (χ3v) is 6.81. The Bertz CT molecular complexity index is 785. The number of amides is 1. The fraction of sp³-hybridized carbons (Fsp3) is 0.556. The maximum absolute atomic E-state index is 12.4. The minimum absolute atomic E-state index is 0.0745. The van der Waals surface area contributed by atoms with Crippen LogP contribution < -0.4 is 4.72 Å². The summed E-state index contributed by atoms with van der Waals surface area (Å²) in [6.07, 6.45) is 5.94. The van der Waals surface area contributed by atoms with Crippen molar-refractivity contribution < 1.29 is 13.2 Å². The van der Waals surface area contributed by atoms with Gasteiger partial charge in [0.05, 0.1) is 17.0 Å². The Balaban J connectivity index is 1.61. The van der Waals surface area contributed by atoms with Crippen LogP contribution in [0.1, 0.15) is 37.7 Å². The number of nitrogens with one attached hydrogen (secondary N) is 1. The SMILES string of the molecule is N#Cc1ccccc1S(=O)(=O)NCC(=O)N1CC[C@@H]2CCCC[C@H]2C1. The smallest absolute Gasteiger partial charge is 0.242 e. The van der Waals surface area contributed by atoms with Crippen LogP contribution in [0.5, 0.6) is 0 Å². The maximum atomic E-state index is 12.4. The van der Waals surface area contributed by atoms with Crippen molar-refractivity contribution in [3.63, 3.8) is 0 Å². The Morgan fingerprint density at radius 2 is 1.92 bits per heavy atom. The van der Waals surface area contributed by atoms with E-state index in [0.717, 1.165) is 25.3 Å². The van der Waals surface area contributed by atoms with E-state index in [9.17, 15) is 13.2 Å². The monoisotopic (exact) mass is 361 g/mol. The molecule has 1 heterocycles. The van der Waals surface area contributed by atoms with E-state index in [-0.39, 0.29) is 22.9 Å². The molecule has 2 atom stereocenters. The Labute approximate surface area is 148 Å². The van der Waals surface area contributed by atoms with Crippen LogP contribution in [0.25, 0.3) is 0 Å². The number of carbonyl (C=O) groups excluding carboxylic acids is 1. The highest BCUT2D eigenvalue weighted by Crippen LogP contribution is 2.35. The van der Waals surface area contributed by atoms with E-state index in [2.05, 4.69) is 4.72 Å². The Morgan fingerprint density at radius 3 is 2.68 bits per heavy atom. The number of fused-ring (bicyclic) bond motifs is 1. The molecule has 1 aliphatic heterocycles. The summed E-state index contributed by atoms with van der Waals surface area (Å²) in [6, 6.07) is 7.86. The first kappa shape index (κ1) is 17.9. The number of nitriles is 1. The molecule has 1 amide bonds. The highest BCUT2D eigenvalue weighted by molar-refractivity contribution is 7.89. The van der Waals surface area contributed by atoms with Crippen LogP contribution in [0.3, 0.4) is 0 Å². The predicted molar refractivity (Wildman–Crippen MR) is 93.0 cm³/mol. The van der Waals surface area contributed by atoms with E-state index in [1.54, 1.807) is 17.0 Å². The van der Waals surface area contributed by atoms with E-state index < -0.39 is 10.0 Å². The van der Waals surface area contributed by atoms with Gasteiger partial charge in [-0.05, 0) is 36.8 Å². The number of benzene rings is 1. The number of hydrogen-bond acceptors (Lipinski definition) is 4. The topological polar surface area (TPSA) is 90.3 Å². The summed E-state index contributed by atoms with van der Waals surface area (Å²) in [6.45, 7) is 1.18. The molecule has 2 fully saturated rings. The lowest BCUT2D eigenvalue weighted by molar-refractivity contribution is -0.133. The number of piperidine rings is 1. The van der Waals surface area contributed by atoms with Crippen LogP contribution in [-0.2, 0) is 14.8 Å². The second kappa shape index (κ2) is 7.54. The highest BCUT2D eigenvalue weighted by Gasteiger charge is 2.33. The van der Waals surface area contributed by atoms with Crippen LogP contribution >= 0.6 is 0 Å². The zero-order valence-electron chi connectivity index (χ0n) is 14.1. The Hall–Kier alpha value is -1.91. The van der Waals surface area contributed by atoms with Crippen molar-refractivity contribution in [2.45, 2.75) is 37.0 Å². The van der Waals surface area contributed by atoms with Crippen molar-refractivity contribution in [3.8, 4) is 6.07 Å². The number of nitrogens with zero attached hydrogens (tertiary/aromatic N) is 2. The van der Waals surface area contributed by atoms with Crippen molar-refractivity contribution in [1.82, 2.24) is 9.62 Å². The summed E-state index contributed by atoms with van der Waals surface area (Å²) in [5, 5.41) is 9.06. The molecule has 0 bridgehead atoms. The molecular weight excluding hydrogens is 338 g/mol. The maximum Gasteiger partial charge on any atom is 0.242 e. The average Bonchev–Trinajstić information content (AvgIpc) is 2.65. The fourth-order valence-corrected chi connectivity index (χ4v) is 5.10.